The van der Waals surface area contributed by atoms with Crippen LogP contribution in [0.25, 0.3) is 6.08 Å². The molecule has 0 saturated carbocycles. The van der Waals surface area contributed by atoms with E-state index < -0.39 is 0 Å². The molecule has 2 heterocycles. The molecule has 0 aliphatic carbocycles. The van der Waals surface area contributed by atoms with Crippen molar-refractivity contribution < 1.29 is 9.53 Å². The average Bonchev–Trinajstić information content (AvgIpc) is 2.59. The molecule has 2 aromatic rings. The maximum Gasteiger partial charge on any atom is 0.244 e. The molecule has 0 bridgehead atoms. The standard InChI is InChI=1S/C18H18N2O2/c21-18(8-7-14-4-3-9-19-11-14)20-12-15-10-16-5-1-2-6-17(16)22-13-15/h1-9,11,15H,10,12-13H2,(H,20,21)/b8-7+. The number of hydrogen-bond donors (Lipinski definition) is 1. The van der Waals surface area contributed by atoms with Gasteiger partial charge < -0.3 is 10.1 Å². The maximum atomic E-state index is 11.8. The smallest absolute Gasteiger partial charge is 0.244 e. The van der Waals surface area contributed by atoms with Crippen molar-refractivity contribution in [2.75, 3.05) is 13.2 Å². The number of ether oxygens (including phenoxy) is 1. The Morgan fingerprint density at radius 2 is 2.23 bits per heavy atom. The van der Waals surface area contributed by atoms with E-state index in [0.717, 1.165) is 17.7 Å². The summed E-state index contributed by atoms with van der Waals surface area (Å²) >= 11 is 0. The van der Waals surface area contributed by atoms with Crippen LogP contribution in [0.15, 0.2) is 54.9 Å². The molecule has 0 radical (unpaired) electrons. The minimum Gasteiger partial charge on any atom is -0.493 e. The molecule has 1 aliphatic rings. The molecule has 0 spiro atoms. The number of nitrogens with one attached hydrogen (secondary N) is 1. The van der Waals surface area contributed by atoms with Crippen LogP contribution in [0.3, 0.4) is 0 Å². The lowest BCUT2D eigenvalue weighted by molar-refractivity contribution is -0.116. The van der Waals surface area contributed by atoms with Crippen molar-refractivity contribution >= 4 is 12.0 Å². The number of hydrogen-bond acceptors (Lipinski definition) is 3. The van der Waals surface area contributed by atoms with E-state index in [1.165, 1.54) is 11.6 Å². The van der Waals surface area contributed by atoms with E-state index >= 15 is 0 Å². The fourth-order valence-corrected chi connectivity index (χ4v) is 2.47. The minimum atomic E-state index is -0.0947. The molecule has 1 aromatic heterocycles. The van der Waals surface area contributed by atoms with Gasteiger partial charge in [-0.3, -0.25) is 9.78 Å². The van der Waals surface area contributed by atoms with E-state index in [0.29, 0.717) is 19.1 Å². The summed E-state index contributed by atoms with van der Waals surface area (Å²) < 4.78 is 5.72. The lowest BCUT2D eigenvalue weighted by atomic mass is 9.97. The van der Waals surface area contributed by atoms with Gasteiger partial charge in [-0.25, -0.2) is 0 Å². The normalized spacial score (nSPS) is 16.8. The number of fused-ring (bicyclic) bond motifs is 1. The van der Waals surface area contributed by atoms with Gasteiger partial charge in [0.15, 0.2) is 0 Å². The number of pyridine rings is 1. The minimum absolute atomic E-state index is 0.0947. The molecule has 112 valence electrons. The molecule has 1 aliphatic heterocycles. The number of carbonyl (C=O) groups is 1. The highest BCUT2D eigenvalue weighted by Crippen LogP contribution is 2.26. The van der Waals surface area contributed by atoms with E-state index in [-0.39, 0.29) is 5.91 Å². The zero-order valence-electron chi connectivity index (χ0n) is 12.2. The molecule has 0 fully saturated rings. The van der Waals surface area contributed by atoms with Crippen LogP contribution in [0.1, 0.15) is 11.1 Å². The second kappa shape index (κ2) is 6.89. The van der Waals surface area contributed by atoms with Crippen LogP contribution < -0.4 is 10.1 Å². The van der Waals surface area contributed by atoms with E-state index in [1.54, 1.807) is 18.5 Å². The zero-order chi connectivity index (χ0) is 15.2. The summed E-state index contributed by atoms with van der Waals surface area (Å²) in [5.41, 5.74) is 2.12. The number of benzene rings is 1. The van der Waals surface area contributed by atoms with Gasteiger partial charge >= 0.3 is 0 Å². The van der Waals surface area contributed by atoms with Crippen LogP contribution in [0.2, 0.25) is 0 Å². The number of rotatable bonds is 4. The van der Waals surface area contributed by atoms with Crippen LogP contribution >= 0.6 is 0 Å². The van der Waals surface area contributed by atoms with E-state index in [4.69, 9.17) is 4.74 Å². The van der Waals surface area contributed by atoms with Gasteiger partial charge in [-0.05, 0) is 35.8 Å². The summed E-state index contributed by atoms with van der Waals surface area (Å²) in [6.07, 6.45) is 7.65. The Balaban J connectivity index is 1.49. The molecule has 3 rings (SSSR count). The lowest BCUT2D eigenvalue weighted by Gasteiger charge is -2.25. The van der Waals surface area contributed by atoms with Crippen LogP contribution in [-0.4, -0.2) is 24.0 Å². The third kappa shape index (κ3) is 3.73. The highest BCUT2D eigenvalue weighted by molar-refractivity contribution is 5.91. The SMILES string of the molecule is O=C(/C=C/c1cccnc1)NCC1COc2ccccc2C1. The second-order valence-electron chi connectivity index (χ2n) is 5.35. The van der Waals surface area contributed by atoms with Crippen molar-refractivity contribution in [3.8, 4) is 5.75 Å². The van der Waals surface area contributed by atoms with Gasteiger partial charge in [0.2, 0.25) is 5.91 Å². The first-order chi connectivity index (χ1) is 10.8. The molecule has 1 N–H and O–H groups in total. The van der Waals surface area contributed by atoms with E-state index in [2.05, 4.69) is 16.4 Å². The third-order valence-corrected chi connectivity index (χ3v) is 3.63. The van der Waals surface area contributed by atoms with Crippen molar-refractivity contribution in [2.24, 2.45) is 5.92 Å². The average molecular weight is 294 g/mol. The summed E-state index contributed by atoms with van der Waals surface area (Å²) in [6, 6.07) is 11.8. The third-order valence-electron chi connectivity index (χ3n) is 3.63. The number of amides is 1. The quantitative estimate of drug-likeness (QED) is 0.881. The van der Waals surface area contributed by atoms with Crippen molar-refractivity contribution in [1.29, 1.82) is 0 Å². The first-order valence-corrected chi connectivity index (χ1v) is 7.38. The van der Waals surface area contributed by atoms with Gasteiger partial charge in [-0.15, -0.1) is 0 Å². The first-order valence-electron chi connectivity index (χ1n) is 7.38. The monoisotopic (exact) mass is 294 g/mol. The fourth-order valence-electron chi connectivity index (χ4n) is 2.47. The van der Waals surface area contributed by atoms with Crippen molar-refractivity contribution in [3.05, 3.63) is 66.0 Å². The summed E-state index contributed by atoms with van der Waals surface area (Å²) in [5, 5.41) is 2.93. The van der Waals surface area contributed by atoms with Crippen LogP contribution in [-0.2, 0) is 11.2 Å². The molecule has 22 heavy (non-hydrogen) atoms. The van der Waals surface area contributed by atoms with Gasteiger partial charge in [0.1, 0.15) is 5.75 Å². The summed E-state index contributed by atoms with van der Waals surface area (Å²) in [7, 11) is 0. The molecule has 1 unspecified atom stereocenters. The molecular weight excluding hydrogens is 276 g/mol. The van der Waals surface area contributed by atoms with Gasteiger partial charge in [0, 0.05) is 30.9 Å². The summed E-state index contributed by atoms with van der Waals surface area (Å²) in [4.78, 5) is 15.8. The molecule has 1 aromatic carbocycles. The highest BCUT2D eigenvalue weighted by Gasteiger charge is 2.19. The largest absolute Gasteiger partial charge is 0.493 e. The van der Waals surface area contributed by atoms with E-state index in [9.17, 15) is 4.79 Å². The molecule has 4 nitrogen and oxygen atoms in total. The predicted molar refractivity (Wildman–Crippen MR) is 85.4 cm³/mol. The van der Waals surface area contributed by atoms with Crippen LogP contribution in [0.5, 0.6) is 5.75 Å². The second-order valence-corrected chi connectivity index (χ2v) is 5.35. The van der Waals surface area contributed by atoms with Gasteiger partial charge in [-0.2, -0.15) is 0 Å². The number of nitrogens with zero attached hydrogens (tertiary/aromatic N) is 1. The highest BCUT2D eigenvalue weighted by atomic mass is 16.5. The molecule has 1 amide bonds. The lowest BCUT2D eigenvalue weighted by Crippen LogP contribution is -2.33. The summed E-state index contributed by atoms with van der Waals surface area (Å²) in [5.74, 6) is 1.18. The molecular formula is C18H18N2O2. The molecule has 1 atom stereocenters. The number of carbonyl (C=O) groups excluding carboxylic acids is 1. The molecule has 0 saturated heterocycles. The van der Waals surface area contributed by atoms with Crippen LogP contribution in [0, 0.1) is 5.92 Å². The maximum absolute atomic E-state index is 11.8. The fraction of sp³-hybridized carbons (Fsp3) is 0.222. The van der Waals surface area contributed by atoms with Gasteiger partial charge in [0.05, 0.1) is 6.61 Å². The van der Waals surface area contributed by atoms with Crippen molar-refractivity contribution in [1.82, 2.24) is 10.3 Å². The zero-order valence-corrected chi connectivity index (χ0v) is 12.2. The summed E-state index contributed by atoms with van der Waals surface area (Å²) in [6.45, 7) is 1.26. The van der Waals surface area contributed by atoms with Gasteiger partial charge in [-0.1, -0.05) is 24.3 Å². The Labute approximate surface area is 129 Å². The Kier molecular flexibility index (Phi) is 4.49. The van der Waals surface area contributed by atoms with Gasteiger partial charge in [0.25, 0.3) is 0 Å². The predicted octanol–water partition coefficient (Wildman–Crippen LogP) is 2.46. The first kappa shape index (κ1) is 14.3. The Hall–Kier alpha value is -2.62. The number of aromatic nitrogens is 1. The van der Waals surface area contributed by atoms with Crippen molar-refractivity contribution in [3.63, 3.8) is 0 Å². The topological polar surface area (TPSA) is 51.2 Å². The molecule has 4 heteroatoms. The Morgan fingerprint density at radius 1 is 1.32 bits per heavy atom. The van der Waals surface area contributed by atoms with Crippen LogP contribution in [0.4, 0.5) is 0 Å². The van der Waals surface area contributed by atoms with Crippen molar-refractivity contribution in [2.45, 2.75) is 6.42 Å². The Bertz CT molecular complexity index is 668. The Morgan fingerprint density at radius 3 is 3.09 bits per heavy atom. The van der Waals surface area contributed by atoms with E-state index in [1.807, 2.05) is 30.3 Å². The number of para-hydroxylation sites is 1.